The Hall–Kier alpha value is -2.90. The molecule has 2 aliphatic rings. The van der Waals surface area contributed by atoms with Crippen LogP contribution < -0.4 is 10.6 Å². The molecule has 0 aromatic heterocycles. The van der Waals surface area contributed by atoms with E-state index >= 15 is 0 Å². The molecule has 4 rings (SSSR count). The fourth-order valence-electron chi connectivity index (χ4n) is 3.80. The van der Waals surface area contributed by atoms with Crippen molar-refractivity contribution < 1.29 is 19.7 Å². The van der Waals surface area contributed by atoms with Gasteiger partial charge in [0.15, 0.2) is 6.54 Å². The number of anilines is 1. The van der Waals surface area contributed by atoms with E-state index in [1.165, 1.54) is 0 Å². The van der Waals surface area contributed by atoms with Crippen molar-refractivity contribution in [3.63, 3.8) is 0 Å². The molecule has 3 N–H and O–H groups in total. The molecule has 1 atom stereocenters. The van der Waals surface area contributed by atoms with Crippen LogP contribution in [0, 0.1) is 0 Å². The summed E-state index contributed by atoms with van der Waals surface area (Å²) in [5, 5.41) is 5.30. The minimum absolute atomic E-state index is 0.0285. The highest BCUT2D eigenvalue weighted by molar-refractivity contribution is 6.30. The number of hydrogen-bond donors (Lipinski definition) is 2. The Morgan fingerprint density at radius 1 is 1.14 bits per heavy atom. The molecule has 0 bridgehead atoms. The van der Waals surface area contributed by atoms with Crippen LogP contribution in [0.2, 0.25) is 5.02 Å². The number of nitrogens with two attached hydrogens (primary N) is 1. The molecule has 2 aliphatic heterocycles. The number of benzene rings is 2. The predicted octanol–water partition coefficient (Wildman–Crippen LogP) is 0.805. The summed E-state index contributed by atoms with van der Waals surface area (Å²) >= 11 is 5.97. The van der Waals surface area contributed by atoms with Crippen molar-refractivity contribution >= 4 is 35.0 Å². The van der Waals surface area contributed by atoms with E-state index < -0.39 is 6.04 Å². The molecule has 0 saturated carbocycles. The van der Waals surface area contributed by atoms with E-state index in [4.69, 9.17) is 11.6 Å². The highest BCUT2D eigenvalue weighted by Gasteiger charge is 2.40. The molecule has 29 heavy (non-hydrogen) atoms. The molecule has 0 spiro atoms. The maximum absolute atomic E-state index is 13.3. The van der Waals surface area contributed by atoms with Gasteiger partial charge in [0.05, 0.1) is 24.8 Å². The highest BCUT2D eigenvalue weighted by Crippen LogP contribution is 2.30. The Morgan fingerprint density at radius 3 is 2.59 bits per heavy atom. The second-order valence-electron chi connectivity index (χ2n) is 7.22. The summed E-state index contributed by atoms with van der Waals surface area (Å²) in [5.41, 5.74) is 2.75. The monoisotopic (exact) mass is 413 g/mol. The number of quaternary nitrogens is 1. The fourth-order valence-corrected chi connectivity index (χ4v) is 3.93. The fraction of sp³-hybridized carbons (Fsp3) is 0.286. The lowest BCUT2D eigenvalue weighted by molar-refractivity contribution is -0.616. The van der Waals surface area contributed by atoms with Crippen LogP contribution in [-0.4, -0.2) is 66.8 Å². The number of halogens is 1. The van der Waals surface area contributed by atoms with Crippen molar-refractivity contribution in [2.45, 2.75) is 6.04 Å². The first kappa shape index (κ1) is 19.4. The summed E-state index contributed by atoms with van der Waals surface area (Å²) in [5.74, 6) is -0.498. The molecule has 7 nitrogen and oxygen atoms in total. The van der Waals surface area contributed by atoms with Gasteiger partial charge in [-0.2, -0.15) is 0 Å². The number of likely N-dealkylation sites (N-methyl/N-ethyl adjacent to an activating group) is 1. The van der Waals surface area contributed by atoms with Crippen molar-refractivity contribution in [2.75, 3.05) is 38.5 Å². The third kappa shape index (κ3) is 3.71. The number of hydrogen-bond acceptors (Lipinski definition) is 3. The zero-order valence-electron chi connectivity index (χ0n) is 16.0. The van der Waals surface area contributed by atoms with E-state index in [-0.39, 0.29) is 24.3 Å². The topological polar surface area (TPSA) is 86.3 Å². The Balaban J connectivity index is 1.64. The third-order valence-electron chi connectivity index (χ3n) is 5.36. The number of nitrogens with one attached hydrogen (secondary N) is 1. The van der Waals surface area contributed by atoms with Gasteiger partial charge in [0.2, 0.25) is 5.91 Å². The molecular weight excluding hydrogens is 392 g/mol. The smallest absolute Gasteiger partial charge is 0.277 e. The molecule has 0 aliphatic carbocycles. The Kier molecular flexibility index (Phi) is 5.25. The van der Waals surface area contributed by atoms with Gasteiger partial charge in [0.1, 0.15) is 6.04 Å². The van der Waals surface area contributed by atoms with Crippen LogP contribution in [0.3, 0.4) is 0 Å². The van der Waals surface area contributed by atoms with Crippen molar-refractivity contribution in [3.05, 3.63) is 53.1 Å². The molecular formula is C21H22ClN4O3+. The van der Waals surface area contributed by atoms with Gasteiger partial charge in [-0.05, 0) is 35.4 Å². The lowest BCUT2D eigenvalue weighted by Crippen LogP contribution is -2.83. The molecule has 0 unspecified atom stereocenters. The molecule has 1 saturated heterocycles. The third-order valence-corrected chi connectivity index (χ3v) is 5.61. The Bertz CT molecular complexity index is 976. The quantitative estimate of drug-likeness (QED) is 0.780. The summed E-state index contributed by atoms with van der Waals surface area (Å²) in [4.78, 5) is 41.5. The number of nitrogens with zero attached hydrogens (tertiary/aromatic N) is 2. The summed E-state index contributed by atoms with van der Waals surface area (Å²) in [6, 6.07) is 12.1. The molecule has 3 amide bonds. The van der Waals surface area contributed by atoms with Crippen LogP contribution in [0.4, 0.5) is 5.69 Å². The number of carbonyl (C=O) groups is 3. The number of amides is 3. The number of fused-ring (bicyclic) bond motifs is 2. The van der Waals surface area contributed by atoms with Crippen LogP contribution in [0.15, 0.2) is 42.5 Å². The van der Waals surface area contributed by atoms with Crippen LogP contribution in [-0.2, 0) is 9.59 Å². The maximum atomic E-state index is 13.3. The largest absolute Gasteiger partial charge is 0.341 e. The predicted molar refractivity (Wildman–Crippen MR) is 110 cm³/mol. The van der Waals surface area contributed by atoms with Gasteiger partial charge >= 0.3 is 0 Å². The van der Waals surface area contributed by atoms with Gasteiger partial charge in [0.25, 0.3) is 11.8 Å². The minimum Gasteiger partial charge on any atom is -0.341 e. The SMILES string of the molecule is C[NH2+]CC(=O)N1CCN2C(=O)c3cc(-c4ccc(Cl)cc4)ccc3NC(=O)[C@H]2C1. The van der Waals surface area contributed by atoms with E-state index in [2.05, 4.69) is 5.32 Å². The van der Waals surface area contributed by atoms with Crippen LogP contribution in [0.5, 0.6) is 0 Å². The number of carbonyl (C=O) groups excluding carboxylic acids is 3. The lowest BCUT2D eigenvalue weighted by atomic mass is 10.0. The van der Waals surface area contributed by atoms with E-state index in [0.717, 1.165) is 11.1 Å². The zero-order valence-corrected chi connectivity index (χ0v) is 16.8. The van der Waals surface area contributed by atoms with Gasteiger partial charge in [-0.1, -0.05) is 29.8 Å². The first-order valence-corrected chi connectivity index (χ1v) is 9.93. The molecule has 1 fully saturated rings. The molecule has 150 valence electrons. The second-order valence-corrected chi connectivity index (χ2v) is 7.66. The Morgan fingerprint density at radius 2 is 1.86 bits per heavy atom. The van der Waals surface area contributed by atoms with E-state index in [1.807, 2.05) is 25.2 Å². The van der Waals surface area contributed by atoms with Gasteiger partial charge in [-0.25, -0.2) is 0 Å². The number of piperazine rings is 1. The average Bonchev–Trinajstić information content (AvgIpc) is 2.83. The van der Waals surface area contributed by atoms with E-state index in [1.54, 1.807) is 39.4 Å². The standard InChI is InChI=1S/C21H21ClN4O3/c1-23-11-19(27)25-8-9-26-18(12-25)20(28)24-17-7-4-14(10-16(17)21(26)29)13-2-5-15(22)6-3-13/h2-7,10,18,23H,8-9,11-12H2,1H3,(H,24,28)/p+1/t18-/m1/s1. The van der Waals surface area contributed by atoms with Gasteiger partial charge in [0, 0.05) is 18.1 Å². The maximum Gasteiger partial charge on any atom is 0.277 e. The molecule has 2 heterocycles. The molecule has 0 radical (unpaired) electrons. The normalized spacial score (nSPS) is 18.6. The highest BCUT2D eigenvalue weighted by atomic mass is 35.5. The second kappa shape index (κ2) is 7.85. The van der Waals surface area contributed by atoms with Crippen molar-refractivity contribution in [1.82, 2.24) is 9.80 Å². The average molecular weight is 414 g/mol. The van der Waals surface area contributed by atoms with Crippen molar-refractivity contribution in [1.29, 1.82) is 0 Å². The minimum atomic E-state index is -0.691. The van der Waals surface area contributed by atoms with Gasteiger partial charge in [-0.15, -0.1) is 0 Å². The van der Waals surface area contributed by atoms with Crippen LogP contribution in [0.25, 0.3) is 11.1 Å². The summed E-state index contributed by atoms with van der Waals surface area (Å²) in [7, 11) is 1.82. The first-order chi connectivity index (χ1) is 14.0. The van der Waals surface area contributed by atoms with Gasteiger partial charge in [-0.3, -0.25) is 14.4 Å². The summed E-state index contributed by atoms with van der Waals surface area (Å²) in [6.45, 7) is 1.29. The molecule has 2 aromatic rings. The summed E-state index contributed by atoms with van der Waals surface area (Å²) < 4.78 is 0. The van der Waals surface area contributed by atoms with Crippen LogP contribution in [0.1, 0.15) is 10.4 Å². The lowest BCUT2D eigenvalue weighted by Gasteiger charge is -2.39. The van der Waals surface area contributed by atoms with E-state index in [9.17, 15) is 14.4 Å². The van der Waals surface area contributed by atoms with E-state index in [0.29, 0.717) is 35.9 Å². The molecule has 8 heteroatoms. The first-order valence-electron chi connectivity index (χ1n) is 9.55. The zero-order chi connectivity index (χ0) is 20.5. The number of rotatable bonds is 3. The van der Waals surface area contributed by atoms with Crippen LogP contribution >= 0.6 is 11.6 Å². The van der Waals surface area contributed by atoms with Gasteiger partial charge < -0.3 is 20.4 Å². The van der Waals surface area contributed by atoms with Crippen molar-refractivity contribution in [3.8, 4) is 11.1 Å². The summed E-state index contributed by atoms with van der Waals surface area (Å²) in [6.07, 6.45) is 0. The van der Waals surface area contributed by atoms with Crippen molar-refractivity contribution in [2.24, 2.45) is 0 Å². The molecule has 2 aromatic carbocycles. The Labute approximate surface area is 173 Å².